The lowest BCUT2D eigenvalue weighted by atomic mass is 10.2. The quantitative estimate of drug-likeness (QED) is 0.506. The molecule has 0 N–H and O–H groups in total. The smallest absolute Gasteiger partial charge is 0.336 e. The van der Waals surface area contributed by atoms with Crippen molar-refractivity contribution in [3.63, 3.8) is 0 Å². The summed E-state index contributed by atoms with van der Waals surface area (Å²) in [6.45, 7) is 2.97. The van der Waals surface area contributed by atoms with Crippen molar-refractivity contribution in [2.75, 3.05) is 26.2 Å². The van der Waals surface area contributed by atoms with Crippen LogP contribution < -0.4 is 0 Å². The van der Waals surface area contributed by atoms with Crippen LogP contribution in [0.15, 0.2) is 65.6 Å². The first-order valence-corrected chi connectivity index (χ1v) is 12.6. The molecule has 1 aliphatic rings. The molecule has 1 saturated heterocycles. The summed E-state index contributed by atoms with van der Waals surface area (Å²) >= 11 is 1.54. The highest BCUT2D eigenvalue weighted by Crippen LogP contribution is 2.31. The molecular formula is C23H21F3N2O3S2. The normalized spacial score (nSPS) is 15.2. The van der Waals surface area contributed by atoms with Gasteiger partial charge in [-0.25, -0.2) is 12.8 Å². The summed E-state index contributed by atoms with van der Waals surface area (Å²) in [6.07, 6.45) is 0. The van der Waals surface area contributed by atoms with Gasteiger partial charge in [0.25, 0.3) is 5.91 Å². The Hall–Kier alpha value is -2.69. The maximum atomic E-state index is 14.0. The number of carbonyl (C=O) groups is 1. The van der Waals surface area contributed by atoms with E-state index in [1.807, 2.05) is 12.1 Å². The minimum absolute atomic E-state index is 0.252. The lowest BCUT2D eigenvalue weighted by Crippen LogP contribution is -2.48. The molecule has 3 aromatic rings. The number of thiophene rings is 1. The van der Waals surface area contributed by atoms with Crippen molar-refractivity contribution in [1.29, 1.82) is 0 Å². The van der Waals surface area contributed by atoms with Crippen LogP contribution in [0.5, 0.6) is 0 Å². The monoisotopic (exact) mass is 494 g/mol. The van der Waals surface area contributed by atoms with Gasteiger partial charge < -0.3 is 4.90 Å². The van der Waals surface area contributed by atoms with Crippen LogP contribution in [0.4, 0.5) is 13.2 Å². The number of sulfone groups is 1. The zero-order chi connectivity index (χ0) is 23.6. The zero-order valence-corrected chi connectivity index (χ0v) is 19.1. The molecule has 1 amide bonds. The van der Waals surface area contributed by atoms with Gasteiger partial charge in [0.2, 0.25) is 9.84 Å². The summed E-state index contributed by atoms with van der Waals surface area (Å²) in [5.74, 6) is -4.02. The van der Waals surface area contributed by atoms with Gasteiger partial charge in [-0.3, -0.25) is 9.69 Å². The lowest BCUT2D eigenvalue weighted by molar-refractivity contribution is 0.0629. The number of alkyl halides is 2. The number of hydrogen-bond acceptors (Lipinski definition) is 5. The Bertz CT molecular complexity index is 1240. The van der Waals surface area contributed by atoms with Gasteiger partial charge in [-0.05, 0) is 42.5 Å². The summed E-state index contributed by atoms with van der Waals surface area (Å²) in [6, 6.07) is 15.2. The van der Waals surface area contributed by atoms with E-state index < -0.39 is 20.5 Å². The number of amides is 1. The van der Waals surface area contributed by atoms with E-state index in [1.165, 1.54) is 29.5 Å². The van der Waals surface area contributed by atoms with Crippen molar-refractivity contribution in [3.05, 3.63) is 76.9 Å². The SMILES string of the molecule is O=C(c1ccc(S(=O)(=O)C(F)F)cc1)N1CCN(Cc2ccc(-c3ccccc3F)s2)CC1. The van der Waals surface area contributed by atoms with E-state index in [-0.39, 0.29) is 17.3 Å². The second kappa shape index (κ2) is 9.66. The second-order valence-corrected chi connectivity index (χ2v) is 10.7. The van der Waals surface area contributed by atoms with E-state index in [1.54, 1.807) is 23.1 Å². The summed E-state index contributed by atoms with van der Waals surface area (Å²) in [5, 5.41) is 0. The Morgan fingerprint density at radius 2 is 1.61 bits per heavy atom. The Morgan fingerprint density at radius 3 is 2.24 bits per heavy atom. The molecule has 0 bridgehead atoms. The third-order valence-electron chi connectivity index (χ3n) is 5.50. The first-order valence-electron chi connectivity index (χ1n) is 10.2. The molecule has 0 atom stereocenters. The van der Waals surface area contributed by atoms with Gasteiger partial charge in [0.05, 0.1) is 4.90 Å². The number of rotatable bonds is 6. The van der Waals surface area contributed by atoms with Crippen LogP contribution in [0.3, 0.4) is 0 Å². The predicted molar refractivity (Wildman–Crippen MR) is 121 cm³/mol. The van der Waals surface area contributed by atoms with Crippen molar-refractivity contribution in [2.45, 2.75) is 17.2 Å². The van der Waals surface area contributed by atoms with Crippen LogP contribution >= 0.6 is 11.3 Å². The van der Waals surface area contributed by atoms with Crippen molar-refractivity contribution < 1.29 is 26.4 Å². The molecule has 0 spiro atoms. The topological polar surface area (TPSA) is 57.7 Å². The maximum absolute atomic E-state index is 14.0. The van der Waals surface area contributed by atoms with Gasteiger partial charge >= 0.3 is 5.76 Å². The number of hydrogen-bond donors (Lipinski definition) is 0. The van der Waals surface area contributed by atoms with Crippen LogP contribution in [0.25, 0.3) is 10.4 Å². The standard InChI is InChI=1S/C23H21F3N2O3S2/c24-20-4-2-1-3-19(20)21-10-7-17(32-21)15-27-11-13-28(14-12-27)22(29)16-5-8-18(9-6-16)33(30,31)23(25)26/h1-10,23H,11-15H2. The van der Waals surface area contributed by atoms with Crippen molar-refractivity contribution >= 4 is 27.1 Å². The first kappa shape index (κ1) is 23.5. The lowest BCUT2D eigenvalue weighted by Gasteiger charge is -2.34. The molecule has 174 valence electrons. The second-order valence-electron chi connectivity index (χ2n) is 7.64. The number of piperazine rings is 1. The molecule has 5 nitrogen and oxygen atoms in total. The van der Waals surface area contributed by atoms with Crippen LogP contribution in [-0.4, -0.2) is 56.1 Å². The molecule has 0 unspecified atom stereocenters. The third-order valence-corrected chi connectivity index (χ3v) is 8.01. The first-order chi connectivity index (χ1) is 15.8. The molecule has 33 heavy (non-hydrogen) atoms. The van der Waals surface area contributed by atoms with Crippen LogP contribution in [0.1, 0.15) is 15.2 Å². The Balaban J connectivity index is 1.34. The Labute approximate surface area is 194 Å². The van der Waals surface area contributed by atoms with Crippen LogP contribution in [0.2, 0.25) is 0 Å². The van der Waals surface area contributed by atoms with Crippen LogP contribution in [0, 0.1) is 5.82 Å². The fraction of sp³-hybridized carbons (Fsp3) is 0.261. The van der Waals surface area contributed by atoms with E-state index in [4.69, 9.17) is 0 Å². The summed E-state index contributed by atoms with van der Waals surface area (Å²) in [4.78, 5) is 18.1. The molecule has 1 fully saturated rings. The van der Waals surface area contributed by atoms with Crippen LogP contribution in [-0.2, 0) is 16.4 Å². The molecule has 1 aliphatic heterocycles. The van der Waals surface area contributed by atoms with E-state index in [0.717, 1.165) is 21.9 Å². The highest BCUT2D eigenvalue weighted by molar-refractivity contribution is 7.91. The van der Waals surface area contributed by atoms with Gasteiger partial charge in [-0.15, -0.1) is 11.3 Å². The predicted octanol–water partition coefficient (Wildman–Crippen LogP) is 4.51. The number of benzene rings is 2. The molecule has 0 saturated carbocycles. The van der Waals surface area contributed by atoms with Gasteiger partial charge in [0, 0.05) is 53.6 Å². The molecule has 4 rings (SSSR count). The average molecular weight is 495 g/mol. The van der Waals surface area contributed by atoms with E-state index in [2.05, 4.69) is 4.90 Å². The molecule has 0 aliphatic carbocycles. The Morgan fingerprint density at radius 1 is 0.939 bits per heavy atom. The summed E-state index contributed by atoms with van der Waals surface area (Å²) < 4.78 is 62.4. The summed E-state index contributed by atoms with van der Waals surface area (Å²) in [5.41, 5.74) is 0.834. The van der Waals surface area contributed by atoms with Crippen molar-refractivity contribution in [2.24, 2.45) is 0 Å². The Kier molecular flexibility index (Phi) is 6.87. The highest BCUT2D eigenvalue weighted by Gasteiger charge is 2.27. The minimum Gasteiger partial charge on any atom is -0.336 e. The van der Waals surface area contributed by atoms with E-state index >= 15 is 0 Å². The van der Waals surface area contributed by atoms with Gasteiger partial charge in [-0.1, -0.05) is 18.2 Å². The number of carbonyl (C=O) groups excluding carboxylic acids is 1. The molecule has 2 aromatic carbocycles. The molecular weight excluding hydrogens is 473 g/mol. The number of halogens is 3. The fourth-order valence-corrected chi connectivity index (χ4v) is 5.47. The average Bonchev–Trinajstić information content (AvgIpc) is 3.27. The minimum atomic E-state index is -4.68. The van der Waals surface area contributed by atoms with E-state index in [0.29, 0.717) is 38.3 Å². The summed E-state index contributed by atoms with van der Waals surface area (Å²) in [7, 11) is -4.68. The largest absolute Gasteiger partial charge is 0.341 e. The molecule has 2 heterocycles. The molecule has 1 aromatic heterocycles. The van der Waals surface area contributed by atoms with Gasteiger partial charge in [0.15, 0.2) is 0 Å². The molecule has 0 radical (unpaired) electrons. The molecule has 10 heteroatoms. The zero-order valence-electron chi connectivity index (χ0n) is 17.5. The third kappa shape index (κ3) is 5.13. The van der Waals surface area contributed by atoms with E-state index in [9.17, 15) is 26.4 Å². The fourth-order valence-electron chi connectivity index (χ4n) is 3.67. The maximum Gasteiger partial charge on any atom is 0.341 e. The number of nitrogens with zero attached hydrogens (tertiary/aromatic N) is 2. The highest BCUT2D eigenvalue weighted by atomic mass is 32.2. The van der Waals surface area contributed by atoms with Gasteiger partial charge in [0.1, 0.15) is 5.82 Å². The van der Waals surface area contributed by atoms with Gasteiger partial charge in [-0.2, -0.15) is 8.78 Å². The van der Waals surface area contributed by atoms with Crippen molar-refractivity contribution in [3.8, 4) is 10.4 Å². The van der Waals surface area contributed by atoms with Crippen molar-refractivity contribution in [1.82, 2.24) is 9.80 Å².